The van der Waals surface area contributed by atoms with Crippen LogP contribution in [0.15, 0.2) is 66.7 Å². The molecule has 0 radical (unpaired) electrons. The number of carboxylic acid groups (broad SMARTS) is 3. The number of carbonyl (C=O) groups excluding carboxylic acids is 1. The summed E-state index contributed by atoms with van der Waals surface area (Å²) in [5.41, 5.74) is -0.0821. The number of carboxylic acids is 3. The molecule has 0 heterocycles. The van der Waals surface area contributed by atoms with Crippen LogP contribution >= 0.6 is 0 Å². The molecular formula is C32H21NO7. The summed E-state index contributed by atoms with van der Waals surface area (Å²) in [6.07, 6.45) is 0. The number of aryl methyl sites for hydroxylation is 2. The zero-order valence-corrected chi connectivity index (χ0v) is 21.3. The molecule has 0 aliphatic carbocycles. The highest BCUT2D eigenvalue weighted by molar-refractivity contribution is 6.41. The van der Waals surface area contributed by atoms with Crippen LogP contribution < -0.4 is 5.32 Å². The fourth-order valence-corrected chi connectivity index (χ4v) is 5.96. The lowest BCUT2D eigenvalue weighted by molar-refractivity contribution is 0.0651. The lowest BCUT2D eigenvalue weighted by Crippen LogP contribution is -2.22. The summed E-state index contributed by atoms with van der Waals surface area (Å²) < 4.78 is 0. The van der Waals surface area contributed by atoms with Crippen LogP contribution in [0.3, 0.4) is 0 Å². The molecule has 8 nitrogen and oxygen atoms in total. The van der Waals surface area contributed by atoms with E-state index in [1.807, 2.05) is 44.2 Å². The first kappa shape index (κ1) is 24.8. The number of fused-ring (bicyclic) bond motifs is 2. The summed E-state index contributed by atoms with van der Waals surface area (Å²) in [5, 5.41) is 37.0. The van der Waals surface area contributed by atoms with Crippen molar-refractivity contribution in [2.75, 3.05) is 5.32 Å². The number of carbonyl (C=O) groups is 4. The van der Waals surface area contributed by atoms with E-state index in [4.69, 9.17) is 0 Å². The Balaban J connectivity index is 1.90. The summed E-state index contributed by atoms with van der Waals surface area (Å²) in [7, 11) is 0. The second-order valence-electron chi connectivity index (χ2n) is 9.87. The molecule has 0 aliphatic heterocycles. The van der Waals surface area contributed by atoms with Crippen molar-refractivity contribution in [2.24, 2.45) is 0 Å². The van der Waals surface area contributed by atoms with Gasteiger partial charge in [0.25, 0.3) is 5.91 Å². The smallest absolute Gasteiger partial charge is 0.337 e. The fraction of sp³-hybridized carbons (Fsp3) is 0.0625. The highest BCUT2D eigenvalue weighted by Gasteiger charge is 2.34. The average molecular weight is 532 g/mol. The Morgan fingerprint density at radius 2 is 1.18 bits per heavy atom. The third-order valence-electron chi connectivity index (χ3n) is 7.28. The number of aromatic carboxylic acids is 3. The normalized spacial score (nSPS) is 11.4. The van der Waals surface area contributed by atoms with E-state index in [2.05, 4.69) is 5.32 Å². The van der Waals surface area contributed by atoms with Gasteiger partial charge in [-0.3, -0.25) is 4.79 Å². The van der Waals surface area contributed by atoms with E-state index in [-0.39, 0.29) is 27.3 Å². The van der Waals surface area contributed by atoms with Crippen molar-refractivity contribution in [1.82, 2.24) is 0 Å². The van der Waals surface area contributed by atoms with Crippen LogP contribution in [0.5, 0.6) is 0 Å². The van der Waals surface area contributed by atoms with Crippen LogP contribution in [0.1, 0.15) is 52.6 Å². The fourth-order valence-electron chi connectivity index (χ4n) is 5.96. The van der Waals surface area contributed by atoms with Gasteiger partial charge in [0.1, 0.15) is 0 Å². The first-order valence-corrected chi connectivity index (χ1v) is 12.4. The zero-order chi connectivity index (χ0) is 28.5. The summed E-state index contributed by atoms with van der Waals surface area (Å²) >= 11 is 0. The van der Waals surface area contributed by atoms with Crippen molar-refractivity contribution in [1.29, 1.82) is 0 Å². The molecule has 1 amide bonds. The Kier molecular flexibility index (Phi) is 5.44. The Bertz CT molecular complexity index is 2080. The monoisotopic (exact) mass is 531 g/mol. The lowest BCUT2D eigenvalue weighted by Gasteiger charge is -2.22. The standard InChI is InChI=1S/C32H21NO7/c1-14-11-15(2)13-17(12-14)33-29(34)26-24-20-8-4-6-16-5-3-7-18(22(16)20)19-9-10-21(30(35)36)25(23(19)24)27(31(37)38)28(26)32(39)40/h3-13H,1-2H3,(H,33,34)(H,35,36)(H,37,38)(H,39,40). The number of hydrogen-bond donors (Lipinski definition) is 4. The van der Waals surface area contributed by atoms with Crippen molar-refractivity contribution >= 4 is 72.6 Å². The van der Waals surface area contributed by atoms with Crippen molar-refractivity contribution in [3.63, 3.8) is 0 Å². The molecule has 0 atom stereocenters. The van der Waals surface area contributed by atoms with Crippen molar-refractivity contribution < 1.29 is 34.5 Å². The number of amides is 1. The third kappa shape index (κ3) is 3.54. The minimum absolute atomic E-state index is 0.182. The molecule has 0 bridgehead atoms. The van der Waals surface area contributed by atoms with E-state index in [0.29, 0.717) is 16.5 Å². The highest BCUT2D eigenvalue weighted by Crippen LogP contribution is 2.45. The molecule has 6 aromatic rings. The van der Waals surface area contributed by atoms with Gasteiger partial charge in [-0.15, -0.1) is 0 Å². The van der Waals surface area contributed by atoms with Gasteiger partial charge in [0.05, 0.1) is 22.3 Å². The molecule has 0 saturated carbocycles. The molecule has 0 aliphatic rings. The molecule has 0 aromatic heterocycles. The molecule has 0 saturated heterocycles. The number of rotatable bonds is 5. The maximum absolute atomic E-state index is 14.1. The molecular weight excluding hydrogens is 510 g/mol. The molecule has 4 N–H and O–H groups in total. The first-order chi connectivity index (χ1) is 19.1. The van der Waals surface area contributed by atoms with Gasteiger partial charge in [0.2, 0.25) is 0 Å². The van der Waals surface area contributed by atoms with Gasteiger partial charge in [-0.2, -0.15) is 0 Å². The van der Waals surface area contributed by atoms with Crippen LogP contribution in [-0.2, 0) is 0 Å². The molecule has 6 aromatic carbocycles. The predicted molar refractivity (Wildman–Crippen MR) is 152 cm³/mol. The molecule has 196 valence electrons. The minimum Gasteiger partial charge on any atom is -0.478 e. The first-order valence-electron chi connectivity index (χ1n) is 12.4. The Morgan fingerprint density at radius 1 is 0.575 bits per heavy atom. The van der Waals surface area contributed by atoms with Gasteiger partial charge in [0.15, 0.2) is 0 Å². The Labute approximate surface area is 226 Å². The summed E-state index contributed by atoms with van der Waals surface area (Å²) in [6.45, 7) is 3.70. The van der Waals surface area contributed by atoms with Gasteiger partial charge in [0, 0.05) is 16.5 Å². The maximum Gasteiger partial charge on any atom is 0.337 e. The quantitative estimate of drug-likeness (QED) is 0.143. The molecule has 6 rings (SSSR count). The van der Waals surface area contributed by atoms with E-state index in [0.717, 1.165) is 27.3 Å². The predicted octanol–water partition coefficient (Wildman–Crippen LogP) is 6.70. The topological polar surface area (TPSA) is 141 Å². The Morgan fingerprint density at radius 3 is 1.77 bits per heavy atom. The van der Waals surface area contributed by atoms with Crippen LogP contribution in [0, 0.1) is 13.8 Å². The Hall–Kier alpha value is -5.50. The zero-order valence-electron chi connectivity index (χ0n) is 21.3. The minimum atomic E-state index is -1.66. The van der Waals surface area contributed by atoms with E-state index in [1.165, 1.54) is 6.07 Å². The lowest BCUT2D eigenvalue weighted by atomic mass is 9.81. The second kappa shape index (κ2) is 8.78. The summed E-state index contributed by atoms with van der Waals surface area (Å²) in [5.74, 6) is -5.54. The van der Waals surface area contributed by atoms with Gasteiger partial charge < -0.3 is 20.6 Å². The van der Waals surface area contributed by atoms with Crippen LogP contribution in [0.2, 0.25) is 0 Å². The van der Waals surface area contributed by atoms with Gasteiger partial charge in [-0.1, -0.05) is 48.5 Å². The van der Waals surface area contributed by atoms with Crippen molar-refractivity contribution in [2.45, 2.75) is 13.8 Å². The molecule has 40 heavy (non-hydrogen) atoms. The number of anilines is 1. The maximum atomic E-state index is 14.1. The van der Waals surface area contributed by atoms with Crippen LogP contribution in [0.4, 0.5) is 5.69 Å². The molecule has 0 unspecified atom stereocenters. The third-order valence-corrected chi connectivity index (χ3v) is 7.28. The van der Waals surface area contributed by atoms with E-state index < -0.39 is 34.9 Å². The SMILES string of the molecule is Cc1cc(C)cc(NC(=O)c2c(C(=O)O)c(C(=O)O)c3c(C(=O)O)ccc4c5cccc6cccc(c2c34)c65)c1. The van der Waals surface area contributed by atoms with Crippen molar-refractivity contribution in [3.8, 4) is 0 Å². The van der Waals surface area contributed by atoms with Gasteiger partial charge in [-0.25, -0.2) is 14.4 Å². The number of hydrogen-bond acceptors (Lipinski definition) is 4. The highest BCUT2D eigenvalue weighted by atomic mass is 16.4. The molecule has 8 heteroatoms. The molecule has 0 fully saturated rings. The van der Waals surface area contributed by atoms with E-state index in [1.54, 1.807) is 30.3 Å². The van der Waals surface area contributed by atoms with Gasteiger partial charge in [-0.05, 0) is 75.5 Å². The van der Waals surface area contributed by atoms with Gasteiger partial charge >= 0.3 is 17.9 Å². The van der Waals surface area contributed by atoms with E-state index in [9.17, 15) is 34.5 Å². The number of benzene rings is 6. The van der Waals surface area contributed by atoms with Crippen molar-refractivity contribution in [3.05, 3.63) is 100 Å². The average Bonchev–Trinajstić information content (AvgIpc) is 2.89. The summed E-state index contributed by atoms with van der Waals surface area (Å²) in [4.78, 5) is 51.9. The van der Waals surface area contributed by atoms with E-state index >= 15 is 0 Å². The second-order valence-corrected chi connectivity index (χ2v) is 9.87. The van der Waals surface area contributed by atoms with Crippen LogP contribution in [0.25, 0.3) is 43.1 Å². The number of nitrogens with one attached hydrogen (secondary N) is 1. The molecule has 0 spiro atoms. The van der Waals surface area contributed by atoms with Crippen LogP contribution in [-0.4, -0.2) is 39.1 Å². The summed E-state index contributed by atoms with van der Waals surface area (Å²) in [6, 6.07) is 19.2. The largest absolute Gasteiger partial charge is 0.478 e.